The van der Waals surface area contributed by atoms with E-state index in [1.807, 2.05) is 87.4 Å². The molecule has 1 atom stereocenters. The number of hydrogen-bond acceptors (Lipinski definition) is 4. The summed E-state index contributed by atoms with van der Waals surface area (Å²) in [6, 6.07) is 14.8. The first kappa shape index (κ1) is 33.8. The first-order chi connectivity index (χ1) is 23.8. The van der Waals surface area contributed by atoms with Gasteiger partial charge >= 0.3 is 5.97 Å². The molecule has 1 aliphatic heterocycles. The summed E-state index contributed by atoms with van der Waals surface area (Å²) in [4.78, 5) is 28.8. The zero-order valence-corrected chi connectivity index (χ0v) is 30.7. The zero-order valence-electron chi connectivity index (χ0n) is 29.2. The fraction of sp³-hybridized carbons (Fsp3) is 0.308. The van der Waals surface area contributed by atoms with Crippen LogP contribution in [0.1, 0.15) is 68.3 Å². The number of aromatic nitrogens is 4. The highest BCUT2D eigenvalue weighted by molar-refractivity contribution is 6.35. The lowest BCUT2D eigenvalue weighted by Gasteiger charge is -2.34. The number of carbonyl (C=O) groups excluding carboxylic acids is 1. The second-order valence-corrected chi connectivity index (χ2v) is 14.2. The largest absolute Gasteiger partial charge is 0.494 e. The highest BCUT2D eigenvalue weighted by atomic mass is 35.5. The van der Waals surface area contributed by atoms with E-state index in [9.17, 15) is 14.7 Å². The molecule has 0 fully saturated rings. The maximum Gasteiger partial charge on any atom is 0.337 e. The number of benzene rings is 3. The van der Waals surface area contributed by atoms with E-state index in [2.05, 4.69) is 11.5 Å². The summed E-state index contributed by atoms with van der Waals surface area (Å²) in [7, 11) is 3.74. The molecule has 1 aliphatic rings. The van der Waals surface area contributed by atoms with Crippen molar-refractivity contribution in [1.29, 1.82) is 0 Å². The summed E-state index contributed by atoms with van der Waals surface area (Å²) < 4.78 is 12.0. The van der Waals surface area contributed by atoms with Gasteiger partial charge in [-0.1, -0.05) is 41.4 Å². The predicted molar refractivity (Wildman–Crippen MR) is 200 cm³/mol. The van der Waals surface area contributed by atoms with Crippen molar-refractivity contribution in [2.45, 2.75) is 53.5 Å². The van der Waals surface area contributed by atoms with Crippen LogP contribution in [0.5, 0.6) is 5.75 Å². The highest BCUT2D eigenvalue weighted by Crippen LogP contribution is 2.45. The van der Waals surface area contributed by atoms with Crippen LogP contribution < -0.4 is 9.64 Å². The number of aryl methyl sites for hydroxylation is 6. The minimum absolute atomic E-state index is 0.137. The Morgan fingerprint density at radius 1 is 1.00 bits per heavy atom. The minimum atomic E-state index is -1.01. The van der Waals surface area contributed by atoms with Crippen LogP contribution in [-0.4, -0.2) is 49.0 Å². The summed E-state index contributed by atoms with van der Waals surface area (Å²) in [5.74, 6) is 0.239. The SMILES string of the molecule is Cc1cc(OCCCc2c3n(c4c(-c5c(C)nn(C)c5C)c(Cl)ccc24)[C@H](C)CN(c2cc4cccc(C(=O)O)c4n2C)C3=O)cc(C)c1Cl. The third-order valence-corrected chi connectivity index (χ3v) is 11.0. The topological polar surface area (TPSA) is 94.5 Å². The number of rotatable bonds is 8. The molecule has 258 valence electrons. The number of nitrogens with zero attached hydrogens (tertiary/aromatic N) is 5. The Bertz CT molecular complexity index is 2360. The van der Waals surface area contributed by atoms with Crippen LogP contribution in [0, 0.1) is 27.7 Å². The second kappa shape index (κ2) is 12.5. The van der Waals surface area contributed by atoms with Crippen LogP contribution in [0.2, 0.25) is 10.0 Å². The van der Waals surface area contributed by atoms with E-state index >= 15 is 0 Å². The van der Waals surface area contributed by atoms with Crippen molar-refractivity contribution >= 4 is 62.7 Å². The molecule has 1 amide bonds. The van der Waals surface area contributed by atoms with E-state index in [1.165, 1.54) is 0 Å². The maximum atomic E-state index is 14.9. The van der Waals surface area contributed by atoms with Gasteiger partial charge in [-0.15, -0.1) is 0 Å². The lowest BCUT2D eigenvalue weighted by molar-refractivity contribution is 0.0698. The number of carboxylic acids is 1. The molecule has 9 nitrogen and oxygen atoms in total. The summed E-state index contributed by atoms with van der Waals surface area (Å²) in [6.07, 6.45) is 1.24. The Balaban J connectivity index is 1.37. The van der Waals surface area contributed by atoms with Crippen molar-refractivity contribution in [2.24, 2.45) is 14.1 Å². The first-order valence-electron chi connectivity index (χ1n) is 16.7. The van der Waals surface area contributed by atoms with Crippen molar-refractivity contribution < 1.29 is 19.4 Å². The van der Waals surface area contributed by atoms with Crippen LogP contribution in [0.4, 0.5) is 5.82 Å². The smallest absolute Gasteiger partial charge is 0.337 e. The number of ether oxygens (including phenoxy) is 1. The molecule has 11 heteroatoms. The Morgan fingerprint density at radius 3 is 2.38 bits per heavy atom. The van der Waals surface area contributed by atoms with E-state index < -0.39 is 5.97 Å². The molecule has 1 N–H and O–H groups in total. The Kier molecular flexibility index (Phi) is 8.47. The molecule has 6 aromatic rings. The minimum Gasteiger partial charge on any atom is -0.494 e. The Morgan fingerprint density at radius 2 is 1.72 bits per heavy atom. The fourth-order valence-corrected chi connectivity index (χ4v) is 8.12. The molecule has 0 radical (unpaired) electrons. The molecule has 0 spiro atoms. The predicted octanol–water partition coefficient (Wildman–Crippen LogP) is 9.01. The van der Waals surface area contributed by atoms with Crippen LogP contribution in [0.25, 0.3) is 32.9 Å². The van der Waals surface area contributed by atoms with Gasteiger partial charge in [0.2, 0.25) is 0 Å². The van der Waals surface area contributed by atoms with Crippen LogP contribution in [-0.2, 0) is 20.5 Å². The Labute approximate surface area is 300 Å². The van der Waals surface area contributed by atoms with Gasteiger partial charge < -0.3 is 19.0 Å². The van der Waals surface area contributed by atoms with Gasteiger partial charge in [-0.2, -0.15) is 5.10 Å². The number of para-hydroxylation sites is 1. The van der Waals surface area contributed by atoms with Crippen molar-refractivity contribution in [2.75, 3.05) is 18.1 Å². The van der Waals surface area contributed by atoms with Gasteiger partial charge in [0, 0.05) is 59.3 Å². The molecule has 0 bridgehead atoms. The number of carbonyl (C=O) groups is 2. The van der Waals surface area contributed by atoms with Gasteiger partial charge in [0.05, 0.1) is 33.9 Å². The van der Waals surface area contributed by atoms with E-state index in [0.29, 0.717) is 48.0 Å². The van der Waals surface area contributed by atoms with Gasteiger partial charge in [-0.3, -0.25) is 14.4 Å². The molecule has 0 unspecified atom stereocenters. The molecule has 4 heterocycles. The normalized spacial score (nSPS) is 14.6. The van der Waals surface area contributed by atoms with Gasteiger partial charge in [-0.25, -0.2) is 4.79 Å². The number of carboxylic acid groups (broad SMARTS) is 1. The van der Waals surface area contributed by atoms with Crippen molar-refractivity contribution in [3.8, 4) is 16.9 Å². The quantitative estimate of drug-likeness (QED) is 0.159. The third kappa shape index (κ3) is 5.26. The molecule has 3 aromatic carbocycles. The maximum absolute atomic E-state index is 14.9. The zero-order chi connectivity index (χ0) is 35.8. The van der Waals surface area contributed by atoms with E-state index in [4.69, 9.17) is 33.0 Å². The molecule has 0 saturated heterocycles. The molecule has 50 heavy (non-hydrogen) atoms. The number of fused-ring (bicyclic) bond motifs is 4. The molecular weight excluding hydrogens is 673 g/mol. The number of amides is 1. The molecule has 7 rings (SSSR count). The lowest BCUT2D eigenvalue weighted by atomic mass is 9.98. The van der Waals surface area contributed by atoms with E-state index in [0.717, 1.165) is 66.3 Å². The summed E-state index contributed by atoms with van der Waals surface area (Å²) in [6.45, 7) is 10.9. The van der Waals surface area contributed by atoms with E-state index in [-0.39, 0.29) is 17.5 Å². The van der Waals surface area contributed by atoms with Crippen LogP contribution >= 0.6 is 23.2 Å². The number of aromatic carboxylic acids is 1. The van der Waals surface area contributed by atoms with Gasteiger partial charge in [-0.05, 0) is 94.5 Å². The average molecular weight is 713 g/mol. The van der Waals surface area contributed by atoms with Crippen molar-refractivity contribution in [3.63, 3.8) is 0 Å². The fourth-order valence-electron chi connectivity index (χ4n) is 7.76. The summed E-state index contributed by atoms with van der Waals surface area (Å²) in [5, 5.41) is 17.7. The summed E-state index contributed by atoms with van der Waals surface area (Å²) in [5.41, 5.74) is 8.80. The number of hydrogen-bond donors (Lipinski definition) is 1. The second-order valence-electron chi connectivity index (χ2n) is 13.4. The number of halogens is 2. The van der Waals surface area contributed by atoms with Gasteiger partial charge in [0.15, 0.2) is 0 Å². The number of anilines is 1. The first-order valence-corrected chi connectivity index (χ1v) is 17.4. The third-order valence-electron chi connectivity index (χ3n) is 10.1. The monoisotopic (exact) mass is 711 g/mol. The standard InChI is InChI=1S/C39H39Cl2N5O4/c1-20-16-26(17-21(2)34(20)41)50-15-9-12-27-28-13-14-30(40)33(32-23(4)42-44(7)24(32)5)36(28)46-22(3)19-45(38(47)37(27)46)31-18-25-10-8-11-29(39(48)49)35(25)43(31)6/h8,10-11,13-14,16-18,22H,9,12,15,19H2,1-7H3,(H,48,49)/t22-/m1/s1. The highest BCUT2D eigenvalue weighted by Gasteiger charge is 2.38. The average Bonchev–Trinajstić information content (AvgIpc) is 3.67. The van der Waals surface area contributed by atoms with Crippen molar-refractivity contribution in [3.05, 3.63) is 97.9 Å². The van der Waals surface area contributed by atoms with Crippen LogP contribution in [0.3, 0.4) is 0 Å². The van der Waals surface area contributed by atoms with E-state index in [1.54, 1.807) is 17.0 Å². The van der Waals surface area contributed by atoms with Crippen LogP contribution in [0.15, 0.2) is 48.5 Å². The van der Waals surface area contributed by atoms with Crippen molar-refractivity contribution in [1.82, 2.24) is 18.9 Å². The Hall–Kier alpha value is -4.73. The lowest BCUT2D eigenvalue weighted by Crippen LogP contribution is -2.43. The molecular formula is C39H39Cl2N5O4. The van der Waals surface area contributed by atoms with Gasteiger partial charge in [0.1, 0.15) is 17.3 Å². The van der Waals surface area contributed by atoms with Gasteiger partial charge in [0.25, 0.3) is 5.91 Å². The summed E-state index contributed by atoms with van der Waals surface area (Å²) >= 11 is 13.5. The molecule has 0 saturated carbocycles. The molecule has 3 aromatic heterocycles. The molecule has 0 aliphatic carbocycles.